The summed E-state index contributed by atoms with van der Waals surface area (Å²) in [5.41, 5.74) is -0.511. The summed E-state index contributed by atoms with van der Waals surface area (Å²) in [5, 5.41) is 17.8. The van der Waals surface area contributed by atoms with Gasteiger partial charge in [0, 0.05) is 17.9 Å². The fourth-order valence-corrected chi connectivity index (χ4v) is 1.63. The Balaban J connectivity index is 2.20. The summed E-state index contributed by atoms with van der Waals surface area (Å²) in [7, 11) is -1.60. The van der Waals surface area contributed by atoms with Gasteiger partial charge in [-0.15, -0.1) is 0 Å². The van der Waals surface area contributed by atoms with Gasteiger partial charge in [-0.25, -0.2) is 9.97 Å². The van der Waals surface area contributed by atoms with Crippen molar-refractivity contribution in [3.05, 3.63) is 18.2 Å². The Hall–Kier alpha value is -1.47. The van der Waals surface area contributed by atoms with Gasteiger partial charge in [-0.2, -0.15) is 0 Å². The third-order valence-corrected chi connectivity index (χ3v) is 2.81. The summed E-state index contributed by atoms with van der Waals surface area (Å²) in [4.78, 5) is 19.8. The largest absolute Gasteiger partial charge is 0.491 e. The number of nitrogens with zero attached hydrogens (tertiary/aromatic N) is 2. The van der Waals surface area contributed by atoms with Crippen molar-refractivity contribution in [2.75, 3.05) is 6.61 Å². The minimum atomic E-state index is -1.60. The lowest BCUT2D eigenvalue weighted by Crippen LogP contribution is -2.33. The lowest BCUT2D eigenvalue weighted by atomic mass is 9.83. The summed E-state index contributed by atoms with van der Waals surface area (Å²) in [6.45, 7) is 2.08. The van der Waals surface area contributed by atoms with E-state index in [1.165, 1.54) is 12.4 Å². The fourth-order valence-electron chi connectivity index (χ4n) is 1.63. The highest BCUT2D eigenvalue weighted by Gasteiger charge is 2.55. The van der Waals surface area contributed by atoms with Crippen LogP contribution >= 0.6 is 0 Å². The lowest BCUT2D eigenvalue weighted by Gasteiger charge is -2.12. The maximum absolute atomic E-state index is 11.7. The lowest BCUT2D eigenvalue weighted by molar-refractivity contribution is -0.146. The molecule has 0 aliphatic heterocycles. The molecule has 1 aliphatic carbocycles. The zero-order valence-electron chi connectivity index (χ0n) is 9.46. The third kappa shape index (κ3) is 2.16. The highest BCUT2D eigenvalue weighted by atomic mass is 16.5. The molecular weight excluding hydrogens is 223 g/mol. The minimum Gasteiger partial charge on any atom is -0.465 e. The number of aromatic nitrogens is 2. The van der Waals surface area contributed by atoms with Crippen molar-refractivity contribution in [1.29, 1.82) is 0 Å². The Morgan fingerprint density at radius 2 is 2.06 bits per heavy atom. The van der Waals surface area contributed by atoms with Crippen LogP contribution < -0.4 is 5.46 Å². The van der Waals surface area contributed by atoms with Gasteiger partial charge in [0.2, 0.25) is 0 Å². The van der Waals surface area contributed by atoms with Crippen LogP contribution in [0.3, 0.4) is 0 Å². The number of hydrogen-bond acceptors (Lipinski definition) is 6. The van der Waals surface area contributed by atoms with Crippen molar-refractivity contribution in [2.24, 2.45) is 0 Å². The predicted molar refractivity (Wildman–Crippen MR) is 59.4 cm³/mol. The molecule has 0 amide bonds. The van der Waals surface area contributed by atoms with E-state index in [2.05, 4.69) is 9.97 Å². The van der Waals surface area contributed by atoms with E-state index in [1.807, 2.05) is 0 Å². The molecule has 1 fully saturated rings. The molecule has 1 aromatic heterocycles. The third-order valence-electron chi connectivity index (χ3n) is 2.81. The zero-order chi connectivity index (χ0) is 12.5. The van der Waals surface area contributed by atoms with E-state index in [0.29, 0.717) is 25.3 Å². The van der Waals surface area contributed by atoms with Crippen molar-refractivity contribution in [1.82, 2.24) is 9.97 Å². The molecule has 7 heteroatoms. The maximum atomic E-state index is 11.7. The summed E-state index contributed by atoms with van der Waals surface area (Å²) in [5.74, 6) is 0.0812. The summed E-state index contributed by atoms with van der Waals surface area (Å²) in [6, 6.07) is 0. The van der Waals surface area contributed by atoms with E-state index < -0.39 is 12.5 Å². The maximum Gasteiger partial charge on any atom is 0.491 e. The molecule has 0 bridgehead atoms. The number of ether oxygens (including phenoxy) is 1. The van der Waals surface area contributed by atoms with E-state index in [1.54, 1.807) is 6.92 Å². The van der Waals surface area contributed by atoms with Crippen LogP contribution in [-0.2, 0) is 14.9 Å². The first-order valence-corrected chi connectivity index (χ1v) is 5.46. The van der Waals surface area contributed by atoms with Gasteiger partial charge in [0.15, 0.2) is 0 Å². The quantitative estimate of drug-likeness (QED) is 0.501. The topological polar surface area (TPSA) is 92.5 Å². The predicted octanol–water partition coefficient (Wildman–Crippen LogP) is -1.25. The van der Waals surface area contributed by atoms with Crippen molar-refractivity contribution in [3.8, 4) is 0 Å². The van der Waals surface area contributed by atoms with E-state index in [4.69, 9.17) is 14.8 Å². The molecule has 0 aromatic carbocycles. The van der Waals surface area contributed by atoms with Crippen LogP contribution in [0.25, 0.3) is 0 Å². The van der Waals surface area contributed by atoms with Crippen molar-refractivity contribution < 1.29 is 19.6 Å². The molecule has 0 spiro atoms. The molecule has 90 valence electrons. The van der Waals surface area contributed by atoms with E-state index in [-0.39, 0.29) is 11.4 Å². The molecule has 17 heavy (non-hydrogen) atoms. The average Bonchev–Trinajstić information content (AvgIpc) is 3.11. The first-order valence-electron chi connectivity index (χ1n) is 5.46. The van der Waals surface area contributed by atoms with Gasteiger partial charge < -0.3 is 14.8 Å². The molecule has 0 unspecified atom stereocenters. The molecule has 0 radical (unpaired) electrons. The van der Waals surface area contributed by atoms with Crippen molar-refractivity contribution in [3.63, 3.8) is 0 Å². The second-order valence-electron chi connectivity index (χ2n) is 4.02. The molecule has 0 saturated heterocycles. The molecule has 1 aliphatic rings. The van der Waals surface area contributed by atoms with Crippen LogP contribution in [-0.4, -0.2) is 39.7 Å². The minimum absolute atomic E-state index is 0.202. The zero-order valence-corrected chi connectivity index (χ0v) is 9.46. The van der Waals surface area contributed by atoms with Gasteiger partial charge in [-0.05, 0) is 19.8 Å². The van der Waals surface area contributed by atoms with Crippen molar-refractivity contribution in [2.45, 2.75) is 25.2 Å². The number of carbonyl (C=O) groups excluding carboxylic acids is 1. The van der Waals surface area contributed by atoms with Gasteiger partial charge in [-0.3, -0.25) is 4.79 Å². The Morgan fingerprint density at radius 1 is 1.47 bits per heavy atom. The molecular formula is C10H13BN2O4. The van der Waals surface area contributed by atoms with Crippen LogP contribution in [0.15, 0.2) is 12.4 Å². The molecule has 2 rings (SSSR count). The number of hydrogen-bond donors (Lipinski definition) is 2. The summed E-state index contributed by atoms with van der Waals surface area (Å²) >= 11 is 0. The number of rotatable bonds is 4. The Morgan fingerprint density at radius 3 is 2.47 bits per heavy atom. The van der Waals surface area contributed by atoms with Gasteiger partial charge in [-0.1, -0.05) is 0 Å². The average molecular weight is 236 g/mol. The smallest absolute Gasteiger partial charge is 0.465 e. The van der Waals surface area contributed by atoms with Crippen LogP contribution in [0, 0.1) is 0 Å². The fraction of sp³-hybridized carbons (Fsp3) is 0.500. The first-order chi connectivity index (χ1) is 8.10. The first kappa shape index (κ1) is 12.0. The summed E-state index contributed by atoms with van der Waals surface area (Å²) in [6.07, 6.45) is 3.97. The highest BCUT2D eigenvalue weighted by Crippen LogP contribution is 2.47. The Bertz CT molecular complexity index is 417. The van der Waals surface area contributed by atoms with Gasteiger partial charge >= 0.3 is 13.1 Å². The Labute approximate surface area is 98.8 Å². The normalized spacial score (nSPS) is 16.4. The van der Waals surface area contributed by atoms with Crippen LogP contribution in [0.4, 0.5) is 0 Å². The van der Waals surface area contributed by atoms with Crippen molar-refractivity contribution >= 4 is 18.6 Å². The van der Waals surface area contributed by atoms with E-state index >= 15 is 0 Å². The molecule has 6 nitrogen and oxygen atoms in total. The van der Waals surface area contributed by atoms with E-state index in [9.17, 15) is 4.79 Å². The van der Waals surface area contributed by atoms with Crippen LogP contribution in [0.2, 0.25) is 0 Å². The molecule has 0 atom stereocenters. The SMILES string of the molecule is CCOC(=O)C1(c2ncc(B(O)O)cn2)CC1. The number of esters is 1. The molecule has 1 aromatic rings. The van der Waals surface area contributed by atoms with Crippen LogP contribution in [0.1, 0.15) is 25.6 Å². The molecule has 2 N–H and O–H groups in total. The van der Waals surface area contributed by atoms with Crippen LogP contribution in [0.5, 0.6) is 0 Å². The summed E-state index contributed by atoms with van der Waals surface area (Å²) < 4.78 is 4.98. The Kier molecular flexibility index (Phi) is 3.12. The molecule has 1 heterocycles. The molecule has 1 saturated carbocycles. The second kappa shape index (κ2) is 4.42. The second-order valence-corrected chi connectivity index (χ2v) is 4.02. The standard InChI is InChI=1S/C10H13BN2O4/c1-2-17-9(14)10(3-4-10)8-12-5-7(6-13-8)11(15)16/h5-6,15-16H,2-4H2,1H3. The monoisotopic (exact) mass is 236 g/mol. The van der Waals surface area contributed by atoms with E-state index in [0.717, 1.165) is 0 Å². The highest BCUT2D eigenvalue weighted by molar-refractivity contribution is 6.58. The van der Waals surface area contributed by atoms with Gasteiger partial charge in [0.1, 0.15) is 11.2 Å². The number of carbonyl (C=O) groups is 1. The van der Waals surface area contributed by atoms with Gasteiger partial charge in [0.25, 0.3) is 0 Å². The van der Waals surface area contributed by atoms with Gasteiger partial charge in [0.05, 0.1) is 6.61 Å².